The van der Waals surface area contributed by atoms with Gasteiger partial charge in [0.1, 0.15) is 6.04 Å². The van der Waals surface area contributed by atoms with E-state index < -0.39 is 22.6 Å². The molecule has 0 aromatic heterocycles. The zero-order valence-corrected chi connectivity index (χ0v) is 23.2. The highest BCUT2D eigenvalue weighted by molar-refractivity contribution is 9.09. The first kappa shape index (κ1) is 26.9. The quantitative estimate of drug-likeness (QED) is 0.340. The molecule has 11 heteroatoms. The number of nitrogens with one attached hydrogen (secondary N) is 2. The number of aliphatic hydroxyl groups is 1. The van der Waals surface area contributed by atoms with Gasteiger partial charge in [-0.3, -0.25) is 19.3 Å². The van der Waals surface area contributed by atoms with Crippen LogP contribution in [0, 0.1) is 11.8 Å². The summed E-state index contributed by atoms with van der Waals surface area (Å²) >= 11 is 5.42. The summed E-state index contributed by atoms with van der Waals surface area (Å²) in [5.41, 5.74) is 0.997. The minimum absolute atomic E-state index is 0.0375. The Morgan fingerprint density at radius 3 is 2.62 bits per heavy atom. The minimum atomic E-state index is -0.664. The molecule has 1 aromatic carbocycles. The van der Waals surface area contributed by atoms with E-state index in [1.807, 2.05) is 30.3 Å². The predicted octanol–water partition coefficient (Wildman–Crippen LogP) is 0.598. The van der Waals surface area contributed by atoms with Gasteiger partial charge in [-0.15, -0.1) is 11.8 Å². The van der Waals surface area contributed by atoms with Crippen LogP contribution < -0.4 is 10.6 Å². The molecule has 1 aromatic rings. The number of benzene rings is 1. The van der Waals surface area contributed by atoms with Crippen LogP contribution in [0.15, 0.2) is 30.3 Å². The topological polar surface area (TPSA) is 111 Å². The molecule has 4 heterocycles. The van der Waals surface area contributed by atoms with Gasteiger partial charge in [-0.1, -0.05) is 46.3 Å². The molecule has 3 N–H and O–H groups in total. The fourth-order valence-electron chi connectivity index (χ4n) is 6.37. The van der Waals surface area contributed by atoms with Crippen LogP contribution in [0.1, 0.15) is 18.4 Å². The zero-order chi connectivity index (χ0) is 26.0. The maximum Gasteiger partial charge on any atom is 0.244 e. The van der Waals surface area contributed by atoms with Crippen molar-refractivity contribution in [3.05, 3.63) is 35.9 Å². The number of thioether (sulfide) groups is 1. The lowest BCUT2D eigenvalue weighted by molar-refractivity contribution is -0.140. The van der Waals surface area contributed by atoms with Crippen molar-refractivity contribution in [3.63, 3.8) is 0 Å². The lowest BCUT2D eigenvalue weighted by Crippen LogP contribution is -2.55. The number of carbonyl (C=O) groups excluding carboxylic acids is 3. The highest BCUT2D eigenvalue weighted by Gasteiger charge is 2.75. The third kappa shape index (κ3) is 5.17. The largest absolute Gasteiger partial charge is 0.396 e. The van der Waals surface area contributed by atoms with Crippen LogP contribution in [0.5, 0.6) is 0 Å². The second-order valence-electron chi connectivity index (χ2n) is 10.2. The molecule has 4 saturated heterocycles. The van der Waals surface area contributed by atoms with Crippen molar-refractivity contribution in [3.8, 4) is 0 Å². The molecule has 3 unspecified atom stereocenters. The van der Waals surface area contributed by atoms with Crippen molar-refractivity contribution < 1.29 is 24.2 Å². The van der Waals surface area contributed by atoms with Gasteiger partial charge in [-0.25, -0.2) is 0 Å². The summed E-state index contributed by atoms with van der Waals surface area (Å²) < 4.78 is 4.74. The summed E-state index contributed by atoms with van der Waals surface area (Å²) in [5, 5.41) is 15.5. The highest BCUT2D eigenvalue weighted by atomic mass is 79.9. The van der Waals surface area contributed by atoms with E-state index >= 15 is 0 Å². The summed E-state index contributed by atoms with van der Waals surface area (Å²) in [4.78, 5) is 45.0. The van der Waals surface area contributed by atoms with Gasteiger partial charge in [0.05, 0.1) is 29.8 Å². The summed E-state index contributed by atoms with van der Waals surface area (Å²) in [6.07, 6.45) is 1.04. The molecule has 4 aliphatic heterocycles. The van der Waals surface area contributed by atoms with Crippen molar-refractivity contribution in [2.45, 2.75) is 40.3 Å². The normalized spacial score (nSPS) is 33.0. The van der Waals surface area contributed by atoms with Crippen LogP contribution in [-0.2, 0) is 25.7 Å². The van der Waals surface area contributed by atoms with Crippen molar-refractivity contribution in [1.29, 1.82) is 0 Å². The molecule has 1 spiro atoms. The molecule has 9 nitrogen and oxygen atoms in total. The number of likely N-dealkylation sites (tertiary alicyclic amines) is 1. The zero-order valence-electron chi connectivity index (χ0n) is 20.8. The first-order valence-corrected chi connectivity index (χ1v) is 14.9. The third-order valence-electron chi connectivity index (χ3n) is 8.04. The number of alkyl halides is 1. The lowest BCUT2D eigenvalue weighted by atomic mass is 9.70. The van der Waals surface area contributed by atoms with E-state index in [4.69, 9.17) is 4.74 Å². The number of halogens is 1. The van der Waals surface area contributed by atoms with Crippen LogP contribution in [0.4, 0.5) is 0 Å². The molecule has 0 aliphatic carbocycles. The van der Waals surface area contributed by atoms with Crippen LogP contribution >= 0.6 is 27.7 Å². The highest BCUT2D eigenvalue weighted by Crippen LogP contribution is 2.67. The summed E-state index contributed by atoms with van der Waals surface area (Å²) in [6.45, 7) is 4.93. The van der Waals surface area contributed by atoms with Gasteiger partial charge in [0.15, 0.2) is 0 Å². The Hall–Kier alpha value is -1.66. The van der Waals surface area contributed by atoms with Crippen molar-refractivity contribution in [2.24, 2.45) is 11.8 Å². The van der Waals surface area contributed by atoms with Gasteiger partial charge >= 0.3 is 0 Å². The Labute approximate surface area is 230 Å². The van der Waals surface area contributed by atoms with Gasteiger partial charge in [0.2, 0.25) is 17.7 Å². The second kappa shape index (κ2) is 11.6. The number of hydrogen-bond acceptors (Lipinski definition) is 7. The van der Waals surface area contributed by atoms with E-state index in [-0.39, 0.29) is 34.4 Å². The fourth-order valence-corrected chi connectivity index (χ4v) is 9.99. The van der Waals surface area contributed by atoms with Gasteiger partial charge in [-0.05, 0) is 18.4 Å². The van der Waals surface area contributed by atoms with Crippen molar-refractivity contribution in [2.75, 3.05) is 52.5 Å². The molecule has 202 valence electrons. The van der Waals surface area contributed by atoms with E-state index in [1.54, 1.807) is 16.7 Å². The van der Waals surface area contributed by atoms with Crippen LogP contribution in [-0.4, -0.2) is 106 Å². The molecule has 37 heavy (non-hydrogen) atoms. The average Bonchev–Trinajstić information content (AvgIpc) is 3.50. The van der Waals surface area contributed by atoms with Crippen molar-refractivity contribution in [1.82, 2.24) is 20.4 Å². The Bertz CT molecular complexity index is 996. The molecule has 6 atom stereocenters. The van der Waals surface area contributed by atoms with Crippen LogP contribution in [0.3, 0.4) is 0 Å². The van der Waals surface area contributed by atoms with E-state index in [9.17, 15) is 19.5 Å². The smallest absolute Gasteiger partial charge is 0.244 e. The van der Waals surface area contributed by atoms with E-state index in [2.05, 4.69) is 31.5 Å². The van der Waals surface area contributed by atoms with Crippen LogP contribution in [0.25, 0.3) is 0 Å². The Kier molecular flexibility index (Phi) is 8.45. The van der Waals surface area contributed by atoms with E-state index in [0.717, 1.165) is 25.2 Å². The van der Waals surface area contributed by atoms with Gasteiger partial charge in [-0.2, -0.15) is 0 Å². The molecule has 3 amide bonds. The van der Waals surface area contributed by atoms with E-state index in [0.29, 0.717) is 45.7 Å². The SMILES string of the molecule is O=C(NCCN1CCOCC1)C1N(CCCO)C(=O)[C@@H]2[C@H](C(=O)NCc3ccccc3)[C@H]3SC12CC3Br. The van der Waals surface area contributed by atoms with Crippen molar-refractivity contribution >= 4 is 45.4 Å². The number of hydrogen-bond donors (Lipinski definition) is 3. The molecule has 2 bridgehead atoms. The number of amides is 3. The maximum absolute atomic E-state index is 13.8. The molecule has 0 saturated carbocycles. The summed E-state index contributed by atoms with van der Waals surface area (Å²) in [5.74, 6) is -1.51. The summed E-state index contributed by atoms with van der Waals surface area (Å²) in [7, 11) is 0. The number of aliphatic hydroxyl groups excluding tert-OH is 1. The molecule has 5 rings (SSSR count). The monoisotopic (exact) mass is 594 g/mol. The molecular weight excluding hydrogens is 560 g/mol. The predicted molar refractivity (Wildman–Crippen MR) is 144 cm³/mol. The first-order valence-electron chi connectivity index (χ1n) is 13.1. The Morgan fingerprint density at radius 2 is 1.89 bits per heavy atom. The second-order valence-corrected chi connectivity index (χ2v) is 12.9. The molecule has 4 fully saturated rings. The van der Waals surface area contributed by atoms with Gasteiger partial charge < -0.3 is 25.4 Å². The Morgan fingerprint density at radius 1 is 1.14 bits per heavy atom. The van der Waals surface area contributed by atoms with Gasteiger partial charge in [0.25, 0.3) is 0 Å². The van der Waals surface area contributed by atoms with Crippen LogP contribution in [0.2, 0.25) is 0 Å². The standard InChI is InChI=1S/C26H35BrN4O5S/c27-18-15-26-20(19(21(18)37-26)23(33)29-16-17-5-2-1-3-6-17)25(35)31(8-4-12-32)22(26)24(34)28-7-9-30-10-13-36-14-11-30/h1-3,5-6,18-22,32H,4,7-16H2,(H,28,34)(H,29,33)/t18?,19-,20-,21-,22?,26?/m0/s1. The number of morpholine rings is 1. The van der Waals surface area contributed by atoms with Gasteiger partial charge in [0, 0.05) is 56.0 Å². The summed E-state index contributed by atoms with van der Waals surface area (Å²) in [6, 6.07) is 9.04. The number of ether oxygens (including phenoxy) is 1. The number of carbonyl (C=O) groups is 3. The number of rotatable bonds is 10. The average molecular weight is 596 g/mol. The third-order valence-corrected chi connectivity index (χ3v) is 11.3. The lowest BCUT2D eigenvalue weighted by Gasteiger charge is -2.35. The maximum atomic E-state index is 13.8. The molecule has 4 aliphatic rings. The number of fused-ring (bicyclic) bond motifs is 1. The minimum Gasteiger partial charge on any atom is -0.396 e. The van der Waals surface area contributed by atoms with E-state index in [1.165, 1.54) is 0 Å². The fraction of sp³-hybridized carbons (Fsp3) is 0.654. The molecule has 0 radical (unpaired) electrons. The Balaban J connectivity index is 1.33. The first-order chi connectivity index (χ1) is 18.0. The molecular formula is C26H35BrN4O5S. The number of nitrogens with zero attached hydrogens (tertiary/aromatic N) is 2.